The molecule has 0 heterocycles. The molecule has 2 amide bonds. The lowest BCUT2D eigenvalue weighted by molar-refractivity contribution is -0.121. The number of ether oxygens (including phenoxy) is 1. The molecule has 0 bridgehead atoms. The lowest BCUT2D eigenvalue weighted by Gasteiger charge is -2.19. The van der Waals surface area contributed by atoms with Gasteiger partial charge >= 0.3 is 6.09 Å². The normalized spacial score (nSPS) is 11.7. The number of benzene rings is 2. The molecular formula is C21H26N2O4S. The molecule has 0 saturated carbocycles. The van der Waals surface area contributed by atoms with E-state index in [2.05, 4.69) is 10.6 Å². The summed E-state index contributed by atoms with van der Waals surface area (Å²) in [6, 6.07) is 16.2. The van der Waals surface area contributed by atoms with Gasteiger partial charge in [-0.25, -0.2) is 4.79 Å². The molecule has 0 aliphatic rings. The number of amides is 2. The molecule has 7 heteroatoms. The Labute approximate surface area is 169 Å². The molecule has 0 aromatic heterocycles. The second-order valence-electron chi connectivity index (χ2n) is 6.48. The average molecular weight is 403 g/mol. The Balaban J connectivity index is 1.82. The molecule has 2 aromatic carbocycles. The summed E-state index contributed by atoms with van der Waals surface area (Å²) in [5.74, 6) is -0.0615. The van der Waals surface area contributed by atoms with Crippen molar-refractivity contribution in [3.05, 3.63) is 65.7 Å². The molecule has 150 valence electrons. The second-order valence-corrected chi connectivity index (χ2v) is 8.16. The van der Waals surface area contributed by atoms with E-state index >= 15 is 0 Å². The van der Waals surface area contributed by atoms with Crippen LogP contribution in [0.25, 0.3) is 0 Å². The molecular weight excluding hydrogens is 376 g/mol. The lowest BCUT2D eigenvalue weighted by atomic mass is 10.1. The molecule has 6 nitrogen and oxygen atoms in total. The van der Waals surface area contributed by atoms with Gasteiger partial charge in [0, 0.05) is 11.8 Å². The highest BCUT2D eigenvalue weighted by atomic mass is 32.2. The van der Waals surface area contributed by atoms with Crippen LogP contribution in [0.15, 0.2) is 54.6 Å². The van der Waals surface area contributed by atoms with E-state index in [-0.39, 0.29) is 23.5 Å². The Morgan fingerprint density at radius 2 is 1.71 bits per heavy atom. The van der Waals surface area contributed by atoms with Crippen molar-refractivity contribution in [3.8, 4) is 5.75 Å². The van der Waals surface area contributed by atoms with Crippen molar-refractivity contribution in [2.75, 3.05) is 6.54 Å². The zero-order valence-corrected chi connectivity index (χ0v) is 16.9. The molecule has 0 fully saturated rings. The summed E-state index contributed by atoms with van der Waals surface area (Å²) in [6.45, 7) is 4.49. The summed E-state index contributed by atoms with van der Waals surface area (Å²) < 4.78 is 5.21. The predicted octanol–water partition coefficient (Wildman–Crippen LogP) is 3.45. The van der Waals surface area contributed by atoms with Crippen LogP contribution < -0.4 is 10.6 Å². The van der Waals surface area contributed by atoms with Gasteiger partial charge in [-0.15, -0.1) is 11.8 Å². The number of thioether (sulfide) groups is 1. The average Bonchev–Trinajstić information content (AvgIpc) is 2.68. The van der Waals surface area contributed by atoms with Crippen LogP contribution in [-0.2, 0) is 22.6 Å². The topological polar surface area (TPSA) is 87.7 Å². The molecule has 1 atom stereocenters. The number of phenolic OH excluding ortho intramolecular Hbond substituents is 1. The van der Waals surface area contributed by atoms with Gasteiger partial charge in [-0.2, -0.15) is 0 Å². The van der Waals surface area contributed by atoms with Gasteiger partial charge in [0.05, 0.1) is 0 Å². The van der Waals surface area contributed by atoms with Crippen molar-refractivity contribution in [2.24, 2.45) is 0 Å². The van der Waals surface area contributed by atoms with Gasteiger partial charge in [0.1, 0.15) is 12.4 Å². The molecule has 0 radical (unpaired) electrons. The summed E-state index contributed by atoms with van der Waals surface area (Å²) in [7, 11) is 0. The highest BCUT2D eigenvalue weighted by Gasteiger charge is 2.23. The monoisotopic (exact) mass is 402 g/mol. The Bertz CT molecular complexity index is 751. The van der Waals surface area contributed by atoms with Crippen molar-refractivity contribution in [2.45, 2.75) is 37.5 Å². The van der Waals surface area contributed by atoms with E-state index in [9.17, 15) is 14.7 Å². The van der Waals surface area contributed by atoms with Crippen molar-refractivity contribution in [1.29, 1.82) is 0 Å². The number of aromatic hydroxyl groups is 1. The third kappa shape index (κ3) is 7.92. The SMILES string of the molecule is CC(C)SC(NC(=O)OCc1ccccc1)C(=O)NCCc1ccc(O)cc1. The highest BCUT2D eigenvalue weighted by Crippen LogP contribution is 2.16. The van der Waals surface area contributed by atoms with Crippen molar-refractivity contribution in [1.82, 2.24) is 10.6 Å². The number of hydrogen-bond donors (Lipinski definition) is 3. The van der Waals surface area contributed by atoms with Gasteiger partial charge < -0.3 is 20.5 Å². The maximum absolute atomic E-state index is 12.5. The zero-order valence-electron chi connectivity index (χ0n) is 16.1. The number of hydrogen-bond acceptors (Lipinski definition) is 5. The summed E-state index contributed by atoms with van der Waals surface area (Å²) >= 11 is 1.35. The van der Waals surface area contributed by atoms with Gasteiger partial charge in [0.25, 0.3) is 5.91 Å². The summed E-state index contributed by atoms with van der Waals surface area (Å²) in [5, 5.41) is 14.2. The number of carbonyl (C=O) groups is 2. The minimum atomic E-state index is -0.733. The number of rotatable bonds is 9. The van der Waals surface area contributed by atoms with Crippen LogP contribution in [0.4, 0.5) is 4.79 Å². The molecule has 0 aliphatic heterocycles. The summed E-state index contributed by atoms with van der Waals surface area (Å²) in [5.41, 5.74) is 1.88. The van der Waals surface area contributed by atoms with Crippen molar-refractivity contribution in [3.63, 3.8) is 0 Å². The van der Waals surface area contributed by atoms with Gasteiger partial charge in [-0.1, -0.05) is 56.3 Å². The van der Waals surface area contributed by atoms with Crippen LogP contribution in [0.2, 0.25) is 0 Å². The van der Waals surface area contributed by atoms with Gasteiger partial charge in [0.2, 0.25) is 0 Å². The Hall–Kier alpha value is -2.67. The third-order valence-electron chi connectivity index (χ3n) is 3.76. The molecule has 28 heavy (non-hydrogen) atoms. The number of phenols is 1. The standard InChI is InChI=1S/C21H26N2O4S/c1-15(2)28-20(23-21(26)27-14-17-6-4-3-5-7-17)19(25)22-13-12-16-8-10-18(24)11-9-16/h3-11,15,20,24H,12-14H2,1-2H3,(H,22,25)(H,23,26). The van der Waals surface area contributed by atoms with E-state index in [1.54, 1.807) is 24.3 Å². The first-order valence-corrected chi connectivity index (χ1v) is 10.1. The molecule has 0 spiro atoms. The first-order valence-electron chi connectivity index (χ1n) is 9.12. The van der Waals surface area contributed by atoms with Gasteiger partial charge in [0.15, 0.2) is 5.37 Å². The summed E-state index contributed by atoms with van der Waals surface area (Å²) in [6.07, 6.45) is -0.000482. The van der Waals surface area contributed by atoms with Crippen molar-refractivity contribution >= 4 is 23.8 Å². The fourth-order valence-corrected chi connectivity index (χ4v) is 3.31. The van der Waals surface area contributed by atoms with E-state index in [0.717, 1.165) is 11.1 Å². The maximum Gasteiger partial charge on any atom is 0.408 e. The third-order valence-corrected chi connectivity index (χ3v) is 4.91. The highest BCUT2D eigenvalue weighted by molar-refractivity contribution is 8.01. The van der Waals surface area contributed by atoms with Crippen LogP contribution >= 0.6 is 11.8 Å². The number of nitrogens with one attached hydrogen (secondary N) is 2. The van der Waals surface area contributed by atoms with Gasteiger partial charge in [-0.3, -0.25) is 4.79 Å². The first kappa shape index (κ1) is 21.6. The van der Waals surface area contributed by atoms with Crippen LogP contribution in [0.5, 0.6) is 5.75 Å². The van der Waals surface area contributed by atoms with E-state index < -0.39 is 11.5 Å². The van der Waals surface area contributed by atoms with E-state index in [1.165, 1.54) is 11.8 Å². The fraction of sp³-hybridized carbons (Fsp3) is 0.333. The molecule has 0 aliphatic carbocycles. The van der Waals surface area contributed by atoms with E-state index in [4.69, 9.17) is 4.74 Å². The largest absolute Gasteiger partial charge is 0.508 e. The Kier molecular flexibility index (Phi) is 8.68. The Morgan fingerprint density at radius 3 is 2.36 bits per heavy atom. The molecule has 2 aromatic rings. The number of carbonyl (C=O) groups excluding carboxylic acids is 2. The van der Waals surface area contributed by atoms with Crippen LogP contribution in [0.1, 0.15) is 25.0 Å². The smallest absolute Gasteiger partial charge is 0.408 e. The maximum atomic E-state index is 12.5. The predicted molar refractivity (Wildman–Crippen MR) is 111 cm³/mol. The minimum Gasteiger partial charge on any atom is -0.508 e. The fourth-order valence-electron chi connectivity index (χ4n) is 2.39. The summed E-state index contributed by atoms with van der Waals surface area (Å²) in [4.78, 5) is 24.6. The quantitative estimate of drug-likeness (QED) is 0.559. The molecule has 1 unspecified atom stereocenters. The minimum absolute atomic E-state index is 0.147. The number of alkyl carbamates (subject to hydrolysis) is 1. The van der Waals surface area contributed by atoms with Crippen LogP contribution in [0, 0.1) is 0 Å². The molecule has 3 N–H and O–H groups in total. The zero-order chi connectivity index (χ0) is 20.4. The molecule has 2 rings (SSSR count). The first-order chi connectivity index (χ1) is 13.4. The lowest BCUT2D eigenvalue weighted by Crippen LogP contribution is -2.46. The van der Waals surface area contributed by atoms with E-state index in [1.807, 2.05) is 44.2 Å². The van der Waals surface area contributed by atoms with Crippen molar-refractivity contribution < 1.29 is 19.4 Å². The van der Waals surface area contributed by atoms with E-state index in [0.29, 0.717) is 13.0 Å². The molecule has 0 saturated heterocycles. The van der Waals surface area contributed by atoms with Crippen LogP contribution in [0.3, 0.4) is 0 Å². The van der Waals surface area contributed by atoms with Crippen LogP contribution in [-0.4, -0.2) is 34.3 Å². The Morgan fingerprint density at radius 1 is 1.04 bits per heavy atom. The van der Waals surface area contributed by atoms with Gasteiger partial charge in [-0.05, 0) is 29.7 Å². The second kappa shape index (κ2) is 11.2.